The zero-order valence-corrected chi connectivity index (χ0v) is 19.4. The van der Waals surface area contributed by atoms with Crippen LogP contribution in [0.3, 0.4) is 0 Å². The summed E-state index contributed by atoms with van der Waals surface area (Å²) in [5, 5.41) is 17.8. The summed E-state index contributed by atoms with van der Waals surface area (Å²) in [6.07, 6.45) is -5.74. The molecule has 1 aromatic carbocycles. The van der Waals surface area contributed by atoms with E-state index in [2.05, 4.69) is 30.4 Å². The predicted octanol–water partition coefficient (Wildman–Crippen LogP) is 4.33. The van der Waals surface area contributed by atoms with Crippen molar-refractivity contribution in [2.24, 2.45) is 0 Å². The molecule has 0 aliphatic carbocycles. The Morgan fingerprint density at radius 2 is 1.81 bits per heavy atom. The zero-order chi connectivity index (χ0) is 26.8. The lowest BCUT2D eigenvalue weighted by atomic mass is 9.78. The molecule has 37 heavy (non-hydrogen) atoms. The molecule has 9 nitrogen and oxygen atoms in total. The number of anilines is 1. The second-order valence-corrected chi connectivity index (χ2v) is 8.92. The Hall–Kier alpha value is -3.94. The summed E-state index contributed by atoms with van der Waals surface area (Å²) in [6, 6.07) is 6.41. The number of nitrogens with zero attached hydrogens (tertiary/aromatic N) is 6. The average molecular weight is 540 g/mol. The molecule has 2 N–H and O–H groups in total. The fourth-order valence-electron chi connectivity index (χ4n) is 4.10. The van der Waals surface area contributed by atoms with E-state index in [4.69, 9.17) is 11.6 Å². The molecule has 1 aliphatic heterocycles. The molecule has 0 spiro atoms. The third-order valence-corrected chi connectivity index (χ3v) is 6.40. The van der Waals surface area contributed by atoms with E-state index in [1.165, 1.54) is 6.20 Å². The van der Waals surface area contributed by atoms with E-state index in [-0.39, 0.29) is 34.2 Å². The Balaban J connectivity index is 1.57. The molecule has 1 atom stereocenters. The Bertz CT molecular complexity index is 1540. The second kappa shape index (κ2) is 8.30. The standard InChI is InChI=1S/C22H15ClF5N7O2/c1-20(10-2-4-11(23)5-3-10)14-16(34-19(20)37)32-15(33-18(14)36)13-8-35-17(29-9-30-35)12(31-13)6-7-21(24,25)22(26,27)28/h2-5,8-9H,6-7H2,1H3,(H2,32,33,34,36,37). The van der Waals surface area contributed by atoms with Crippen molar-refractivity contribution in [3.63, 3.8) is 0 Å². The van der Waals surface area contributed by atoms with E-state index in [9.17, 15) is 31.9 Å². The number of hydrogen-bond donors (Lipinski definition) is 2. The van der Waals surface area contributed by atoms with Crippen LogP contribution in [0.2, 0.25) is 5.02 Å². The lowest BCUT2D eigenvalue weighted by Crippen LogP contribution is -2.36. The monoisotopic (exact) mass is 539 g/mol. The molecule has 1 aliphatic rings. The molecule has 5 rings (SSSR count). The average Bonchev–Trinajstić information content (AvgIpc) is 3.40. The molecule has 0 saturated heterocycles. The molecule has 0 bridgehead atoms. The van der Waals surface area contributed by atoms with Crippen LogP contribution in [0.1, 0.15) is 30.2 Å². The van der Waals surface area contributed by atoms with Gasteiger partial charge in [-0.1, -0.05) is 23.7 Å². The second-order valence-electron chi connectivity index (χ2n) is 8.48. The molecule has 15 heteroatoms. The first kappa shape index (κ1) is 24.7. The zero-order valence-electron chi connectivity index (χ0n) is 18.7. The minimum absolute atomic E-state index is 0.0180. The Labute approximate surface area is 209 Å². The van der Waals surface area contributed by atoms with Gasteiger partial charge >= 0.3 is 12.1 Å². The quantitative estimate of drug-likeness (QED) is 0.362. The lowest BCUT2D eigenvalue weighted by molar-refractivity contribution is -0.284. The van der Waals surface area contributed by atoms with E-state index in [1.54, 1.807) is 31.2 Å². The number of benzene rings is 1. The van der Waals surface area contributed by atoms with Crippen molar-refractivity contribution < 1.29 is 31.9 Å². The number of aromatic hydroxyl groups is 1. The van der Waals surface area contributed by atoms with Crippen molar-refractivity contribution >= 4 is 29.0 Å². The number of amides is 1. The van der Waals surface area contributed by atoms with Crippen molar-refractivity contribution in [1.82, 2.24) is 29.5 Å². The van der Waals surface area contributed by atoms with E-state index in [0.29, 0.717) is 10.6 Å². The van der Waals surface area contributed by atoms with E-state index in [1.807, 2.05) is 0 Å². The minimum atomic E-state index is -5.72. The summed E-state index contributed by atoms with van der Waals surface area (Å²) in [6.45, 7) is 1.57. The summed E-state index contributed by atoms with van der Waals surface area (Å²) >= 11 is 5.95. The first-order chi connectivity index (χ1) is 17.3. The van der Waals surface area contributed by atoms with Crippen LogP contribution in [-0.4, -0.2) is 52.7 Å². The molecule has 0 saturated carbocycles. The van der Waals surface area contributed by atoms with Crippen LogP contribution in [0, 0.1) is 0 Å². The molecule has 0 radical (unpaired) electrons. The number of aromatic nitrogens is 6. The van der Waals surface area contributed by atoms with Gasteiger partial charge in [0.1, 0.15) is 23.3 Å². The van der Waals surface area contributed by atoms with Gasteiger partial charge in [-0.2, -0.15) is 32.0 Å². The topological polar surface area (TPSA) is 118 Å². The number of carbonyl (C=O) groups excluding carboxylic acids is 1. The van der Waals surface area contributed by atoms with Crippen LogP contribution in [0.15, 0.2) is 36.8 Å². The van der Waals surface area contributed by atoms with Crippen molar-refractivity contribution in [2.45, 2.75) is 37.3 Å². The van der Waals surface area contributed by atoms with Crippen molar-refractivity contribution in [3.05, 3.63) is 58.6 Å². The van der Waals surface area contributed by atoms with Gasteiger partial charge in [0.25, 0.3) is 0 Å². The maximum Gasteiger partial charge on any atom is 0.453 e. The summed E-state index contributed by atoms with van der Waals surface area (Å²) in [5.74, 6) is -6.24. The third kappa shape index (κ3) is 4.00. The molecule has 4 aromatic rings. The molecule has 1 amide bonds. The number of nitrogens with one attached hydrogen (secondary N) is 1. The number of carbonyl (C=O) groups is 1. The maximum atomic E-state index is 13.5. The number of halogens is 6. The Kier molecular flexibility index (Phi) is 5.55. The number of alkyl halides is 5. The number of rotatable bonds is 5. The van der Waals surface area contributed by atoms with Gasteiger partial charge in [0, 0.05) is 11.4 Å². The first-order valence-corrected chi connectivity index (χ1v) is 11.0. The van der Waals surface area contributed by atoms with Gasteiger partial charge < -0.3 is 10.4 Å². The number of fused-ring (bicyclic) bond motifs is 2. The van der Waals surface area contributed by atoms with Crippen molar-refractivity contribution in [1.29, 1.82) is 0 Å². The van der Waals surface area contributed by atoms with Gasteiger partial charge in [0.15, 0.2) is 11.5 Å². The van der Waals surface area contributed by atoms with E-state index >= 15 is 0 Å². The number of aryl methyl sites for hydroxylation is 1. The van der Waals surface area contributed by atoms with Crippen LogP contribution in [-0.2, 0) is 16.6 Å². The smallest absolute Gasteiger partial charge is 0.453 e. The van der Waals surface area contributed by atoms with Crippen LogP contribution < -0.4 is 5.32 Å². The lowest BCUT2D eigenvalue weighted by Gasteiger charge is -2.23. The first-order valence-electron chi connectivity index (χ1n) is 10.6. The largest absolute Gasteiger partial charge is 0.493 e. The van der Waals surface area contributed by atoms with Gasteiger partial charge in [-0.15, -0.1) is 0 Å². The van der Waals surface area contributed by atoms with Gasteiger partial charge in [-0.3, -0.25) is 4.79 Å². The summed E-state index contributed by atoms with van der Waals surface area (Å²) in [4.78, 5) is 29.3. The van der Waals surface area contributed by atoms with Crippen molar-refractivity contribution in [2.75, 3.05) is 5.32 Å². The molecule has 1 unspecified atom stereocenters. The predicted molar refractivity (Wildman–Crippen MR) is 119 cm³/mol. The molecule has 192 valence electrons. The Morgan fingerprint density at radius 1 is 1.11 bits per heavy atom. The molecule has 3 aromatic heterocycles. The number of hydrogen-bond acceptors (Lipinski definition) is 7. The van der Waals surface area contributed by atoms with E-state index in [0.717, 1.165) is 10.8 Å². The Morgan fingerprint density at radius 3 is 2.49 bits per heavy atom. The fraction of sp³-hybridized carbons (Fsp3) is 0.273. The SMILES string of the molecule is CC1(c2ccc(Cl)cc2)C(=O)Nc2nc(-c3cn4ncnc4c(CCC(F)(F)C(F)(F)F)n3)nc(O)c21. The highest BCUT2D eigenvalue weighted by Crippen LogP contribution is 2.46. The fourth-order valence-corrected chi connectivity index (χ4v) is 4.23. The third-order valence-electron chi connectivity index (χ3n) is 6.15. The van der Waals surface area contributed by atoms with Gasteiger partial charge in [0.05, 0.1) is 17.5 Å². The summed E-state index contributed by atoms with van der Waals surface area (Å²) < 4.78 is 66.1. The highest BCUT2D eigenvalue weighted by atomic mass is 35.5. The molecule has 0 fully saturated rings. The van der Waals surface area contributed by atoms with Crippen LogP contribution >= 0.6 is 11.6 Å². The molecular formula is C22H15ClF5N7O2. The summed E-state index contributed by atoms with van der Waals surface area (Å²) in [7, 11) is 0. The van der Waals surface area contributed by atoms with E-state index < -0.39 is 42.1 Å². The molecular weight excluding hydrogens is 525 g/mol. The normalized spacial score (nSPS) is 17.8. The maximum absolute atomic E-state index is 13.5. The van der Waals surface area contributed by atoms with Gasteiger partial charge in [-0.05, 0) is 31.0 Å². The van der Waals surface area contributed by atoms with Gasteiger partial charge in [0.2, 0.25) is 11.8 Å². The van der Waals surface area contributed by atoms with Crippen LogP contribution in [0.4, 0.5) is 27.8 Å². The van der Waals surface area contributed by atoms with Gasteiger partial charge in [-0.25, -0.2) is 19.5 Å². The highest BCUT2D eigenvalue weighted by Gasteiger charge is 2.56. The van der Waals surface area contributed by atoms with Crippen LogP contribution in [0.25, 0.3) is 17.2 Å². The molecule has 4 heterocycles. The van der Waals surface area contributed by atoms with Crippen LogP contribution in [0.5, 0.6) is 5.88 Å². The minimum Gasteiger partial charge on any atom is -0.493 e. The highest BCUT2D eigenvalue weighted by molar-refractivity contribution is 6.30. The van der Waals surface area contributed by atoms with Crippen molar-refractivity contribution in [3.8, 4) is 17.4 Å². The summed E-state index contributed by atoms with van der Waals surface area (Å²) in [5.41, 5.74) is -1.10.